The van der Waals surface area contributed by atoms with Crippen LogP contribution in [0.1, 0.15) is 19.4 Å². The lowest BCUT2D eigenvalue weighted by atomic mass is 10.1. The summed E-state index contributed by atoms with van der Waals surface area (Å²) in [5, 5.41) is 4.79. The maximum absolute atomic E-state index is 13.7. The fraction of sp³-hybridized carbons (Fsp3) is 0.185. The number of hydrogen-bond acceptors (Lipinski definition) is 5. The van der Waals surface area contributed by atoms with Crippen LogP contribution in [0.3, 0.4) is 0 Å². The number of halogens is 4. The fourth-order valence-electron chi connectivity index (χ4n) is 3.81. The Hall–Kier alpha value is -3.30. The standard InChI is InChI=1S/C27H24Cl4N6O2/c1-5-36(4)18-7-9-22(14(2)10-18)33-24-26(34-23-13-17(32-15(3)38)6-8-19(23)29)35-37(27(24)39)25-20(30)11-16(28)12-21(25)31/h6-13H,5H2,1-4H3,(H,32,38)(H,34,35). The lowest BCUT2D eigenvalue weighted by molar-refractivity contribution is -0.114. The first-order chi connectivity index (χ1) is 18.5. The highest BCUT2D eigenvalue weighted by atomic mass is 35.5. The predicted molar refractivity (Wildman–Crippen MR) is 162 cm³/mol. The molecule has 3 aromatic rings. The zero-order valence-corrected chi connectivity index (χ0v) is 24.5. The number of hydrogen-bond donors (Lipinski definition) is 2. The summed E-state index contributed by atoms with van der Waals surface area (Å²) in [5.41, 5.74) is 6.42. The lowest BCUT2D eigenvalue weighted by Crippen LogP contribution is -2.36. The smallest absolute Gasteiger partial charge is 0.299 e. The first kappa shape index (κ1) is 28.7. The van der Waals surface area contributed by atoms with Gasteiger partial charge >= 0.3 is 0 Å². The highest BCUT2D eigenvalue weighted by molar-refractivity contribution is 6.72. The van der Waals surface area contributed by atoms with Crippen LogP contribution in [-0.4, -0.2) is 37.0 Å². The largest absolute Gasteiger partial charge is 0.375 e. The predicted octanol–water partition coefficient (Wildman–Crippen LogP) is 7.38. The summed E-state index contributed by atoms with van der Waals surface area (Å²) in [6.07, 6.45) is 0. The topological polar surface area (TPSA) is 89.4 Å². The first-order valence-electron chi connectivity index (χ1n) is 11.8. The van der Waals surface area contributed by atoms with Crippen LogP contribution < -0.4 is 20.7 Å². The Morgan fingerprint density at radius 3 is 2.28 bits per heavy atom. The summed E-state index contributed by atoms with van der Waals surface area (Å²) >= 11 is 25.4. The highest BCUT2D eigenvalue weighted by Crippen LogP contribution is 2.38. The van der Waals surface area contributed by atoms with Gasteiger partial charge in [-0.25, -0.2) is 15.0 Å². The maximum Gasteiger partial charge on any atom is 0.299 e. The third-order valence-corrected chi connectivity index (χ3v) is 6.99. The maximum atomic E-state index is 13.7. The van der Waals surface area contributed by atoms with Crippen LogP contribution in [0.15, 0.2) is 58.5 Å². The van der Waals surface area contributed by atoms with Gasteiger partial charge in [-0.3, -0.25) is 15.0 Å². The average Bonchev–Trinajstić information content (AvgIpc) is 3.15. The van der Waals surface area contributed by atoms with Gasteiger partial charge in [0.15, 0.2) is 11.5 Å². The number of nitrogens with one attached hydrogen (secondary N) is 2. The van der Waals surface area contributed by atoms with E-state index >= 15 is 0 Å². The summed E-state index contributed by atoms with van der Waals surface area (Å²) in [6, 6.07) is 13.5. The number of aryl methyl sites for hydroxylation is 1. The van der Waals surface area contributed by atoms with E-state index < -0.39 is 5.91 Å². The van der Waals surface area contributed by atoms with Gasteiger partial charge in [0.2, 0.25) is 5.91 Å². The molecule has 39 heavy (non-hydrogen) atoms. The molecular weight excluding hydrogens is 582 g/mol. The molecule has 202 valence electrons. The molecule has 0 aliphatic carbocycles. The lowest BCUT2D eigenvalue weighted by Gasteiger charge is -2.18. The van der Waals surface area contributed by atoms with Crippen molar-refractivity contribution >= 4 is 98.2 Å². The second kappa shape index (κ2) is 11.8. The molecule has 0 atom stereocenters. The molecule has 12 heteroatoms. The third-order valence-electron chi connectivity index (χ3n) is 5.88. The summed E-state index contributed by atoms with van der Waals surface area (Å²) in [7, 11) is 1.99. The third kappa shape index (κ3) is 6.31. The number of nitrogens with zero attached hydrogens (tertiary/aromatic N) is 4. The molecule has 0 saturated carbocycles. The van der Waals surface area contributed by atoms with Crippen molar-refractivity contribution in [3.05, 3.63) is 74.2 Å². The molecule has 1 fully saturated rings. The van der Waals surface area contributed by atoms with Gasteiger partial charge in [0.1, 0.15) is 5.69 Å². The Labute approximate surface area is 246 Å². The second-order valence-corrected chi connectivity index (χ2v) is 10.4. The van der Waals surface area contributed by atoms with Crippen LogP contribution in [0, 0.1) is 6.92 Å². The number of anilines is 3. The zero-order valence-electron chi connectivity index (χ0n) is 21.4. The first-order valence-corrected chi connectivity index (χ1v) is 13.3. The second-order valence-electron chi connectivity index (χ2n) is 8.72. The van der Waals surface area contributed by atoms with Gasteiger partial charge in [-0.05, 0) is 67.9 Å². The number of rotatable bonds is 6. The molecule has 1 saturated heterocycles. The molecule has 1 aliphatic heterocycles. The van der Waals surface area contributed by atoms with E-state index in [2.05, 4.69) is 32.6 Å². The summed E-state index contributed by atoms with van der Waals surface area (Å²) in [5.74, 6) is -0.681. The highest BCUT2D eigenvalue weighted by Gasteiger charge is 2.37. The van der Waals surface area contributed by atoms with Crippen LogP contribution >= 0.6 is 46.4 Å². The van der Waals surface area contributed by atoms with Gasteiger partial charge in [0, 0.05) is 36.9 Å². The van der Waals surface area contributed by atoms with Crippen molar-refractivity contribution in [2.75, 3.05) is 28.8 Å². The zero-order chi connectivity index (χ0) is 28.4. The molecule has 0 unspecified atom stereocenters. The number of carbonyl (C=O) groups is 2. The van der Waals surface area contributed by atoms with Crippen LogP contribution in [0.4, 0.5) is 28.4 Å². The van der Waals surface area contributed by atoms with Gasteiger partial charge in [0.05, 0.1) is 26.4 Å². The van der Waals surface area contributed by atoms with Gasteiger partial charge in [0.25, 0.3) is 5.91 Å². The van der Waals surface area contributed by atoms with E-state index in [4.69, 9.17) is 46.4 Å². The molecule has 0 bridgehead atoms. The minimum atomic E-state index is -0.539. The number of amides is 2. The minimum Gasteiger partial charge on any atom is -0.375 e. The van der Waals surface area contributed by atoms with Crippen LogP contribution in [0.25, 0.3) is 0 Å². The number of benzene rings is 3. The molecular formula is C27H24Cl4N6O2. The molecule has 3 aromatic carbocycles. The van der Waals surface area contributed by atoms with E-state index in [0.717, 1.165) is 17.8 Å². The molecule has 2 N–H and O–H groups in total. The normalized spacial score (nSPS) is 15.2. The summed E-state index contributed by atoms with van der Waals surface area (Å²) < 4.78 is 0. The van der Waals surface area contributed by atoms with Crippen molar-refractivity contribution in [2.45, 2.75) is 20.8 Å². The van der Waals surface area contributed by atoms with Crippen molar-refractivity contribution in [3.63, 3.8) is 0 Å². The van der Waals surface area contributed by atoms with Crippen molar-refractivity contribution in [2.24, 2.45) is 9.98 Å². The van der Waals surface area contributed by atoms with Crippen molar-refractivity contribution in [3.8, 4) is 0 Å². The van der Waals surface area contributed by atoms with Crippen molar-refractivity contribution in [1.29, 1.82) is 0 Å². The molecule has 0 spiro atoms. The molecule has 0 radical (unpaired) electrons. The number of carbonyl (C=O) groups excluding carboxylic acids is 2. The molecule has 1 aliphatic rings. The van der Waals surface area contributed by atoms with Crippen LogP contribution in [-0.2, 0) is 9.59 Å². The minimum absolute atomic E-state index is 0.0118. The van der Waals surface area contributed by atoms with Gasteiger partial charge in [-0.1, -0.05) is 46.4 Å². The SMILES string of the molecule is CCN(C)c1ccc(N=C2C(=O)N(c3c(Cl)cc(Cl)cc3Cl)NC2=Nc2cc(NC(C)=O)ccc2Cl)c(C)c1. The Bertz CT molecular complexity index is 1520. The van der Waals surface area contributed by atoms with Gasteiger partial charge in [-0.2, -0.15) is 0 Å². The molecule has 8 nitrogen and oxygen atoms in total. The van der Waals surface area contributed by atoms with E-state index in [1.165, 1.54) is 24.1 Å². The van der Waals surface area contributed by atoms with E-state index in [9.17, 15) is 9.59 Å². The van der Waals surface area contributed by atoms with E-state index in [0.29, 0.717) is 27.1 Å². The van der Waals surface area contributed by atoms with Crippen molar-refractivity contribution < 1.29 is 9.59 Å². The Morgan fingerprint density at radius 1 is 0.974 bits per heavy atom. The molecule has 2 amide bonds. The Kier molecular flexibility index (Phi) is 8.71. The van der Waals surface area contributed by atoms with E-state index in [-0.39, 0.29) is 33.2 Å². The fourth-order valence-corrected chi connectivity index (χ4v) is 4.95. The quantitative estimate of drug-likeness (QED) is 0.307. The Balaban J connectivity index is 1.86. The summed E-state index contributed by atoms with van der Waals surface area (Å²) in [4.78, 5) is 36.7. The molecule has 4 rings (SSSR count). The van der Waals surface area contributed by atoms with Crippen molar-refractivity contribution in [1.82, 2.24) is 5.43 Å². The number of hydrazine groups is 1. The number of aliphatic imine (C=N–C) groups is 2. The van der Waals surface area contributed by atoms with E-state index in [1.54, 1.807) is 18.2 Å². The molecule has 0 aromatic heterocycles. The van der Waals surface area contributed by atoms with Gasteiger partial charge < -0.3 is 10.2 Å². The van der Waals surface area contributed by atoms with Crippen LogP contribution in [0.5, 0.6) is 0 Å². The van der Waals surface area contributed by atoms with Crippen LogP contribution in [0.2, 0.25) is 20.1 Å². The average molecular weight is 606 g/mol. The van der Waals surface area contributed by atoms with Gasteiger partial charge in [-0.15, -0.1) is 0 Å². The summed E-state index contributed by atoms with van der Waals surface area (Å²) in [6.45, 7) is 6.20. The monoisotopic (exact) mass is 604 g/mol. The number of amidine groups is 1. The molecule has 1 heterocycles. The van der Waals surface area contributed by atoms with E-state index in [1.807, 2.05) is 32.2 Å². The Morgan fingerprint density at radius 2 is 1.67 bits per heavy atom.